The van der Waals surface area contributed by atoms with Crippen molar-refractivity contribution in [3.63, 3.8) is 0 Å². The molecule has 0 spiro atoms. The summed E-state index contributed by atoms with van der Waals surface area (Å²) in [6.07, 6.45) is 5.25. The van der Waals surface area contributed by atoms with E-state index in [2.05, 4.69) is 9.97 Å². The van der Waals surface area contributed by atoms with Gasteiger partial charge in [0.2, 0.25) is 0 Å². The number of fused-ring (bicyclic) bond motifs is 1. The Balaban J connectivity index is 1.67. The topological polar surface area (TPSA) is 62.7 Å². The van der Waals surface area contributed by atoms with Crippen LogP contribution in [0.15, 0.2) is 71.9 Å². The Morgan fingerprint density at radius 3 is 2.80 bits per heavy atom. The lowest BCUT2D eigenvalue weighted by Gasteiger charge is -2.02. The number of aryl methyl sites for hydroxylation is 1. The molecule has 4 rings (SSSR count). The third-order valence-corrected chi connectivity index (χ3v) is 3.90. The van der Waals surface area contributed by atoms with E-state index in [0.29, 0.717) is 23.8 Å². The van der Waals surface area contributed by atoms with Crippen molar-refractivity contribution in [1.82, 2.24) is 14.0 Å². The molecule has 3 heterocycles. The van der Waals surface area contributed by atoms with Gasteiger partial charge in [-0.1, -0.05) is 18.2 Å². The summed E-state index contributed by atoms with van der Waals surface area (Å²) < 4.78 is 8.79. The van der Waals surface area contributed by atoms with Crippen molar-refractivity contribution < 1.29 is 9.72 Å². The molecule has 0 saturated carbocycles. The average Bonchev–Trinajstić information content (AvgIpc) is 3.05. The Kier molecular flexibility index (Phi) is 3.78. The maximum absolute atomic E-state index is 12.8. The first-order chi connectivity index (χ1) is 12.2. The van der Waals surface area contributed by atoms with Crippen molar-refractivity contribution >= 4 is 5.65 Å². The average molecular weight is 333 g/mol. The molecular weight excluding hydrogens is 316 g/mol. The zero-order valence-electron chi connectivity index (χ0n) is 13.7. The van der Waals surface area contributed by atoms with Gasteiger partial charge in [-0.3, -0.25) is 0 Å². The lowest BCUT2D eigenvalue weighted by Crippen LogP contribution is -2.28. The van der Waals surface area contributed by atoms with Gasteiger partial charge in [0.1, 0.15) is 24.2 Å². The molecule has 0 bridgehead atoms. The minimum absolute atomic E-state index is 0.183. The van der Waals surface area contributed by atoms with Crippen LogP contribution in [0.1, 0.15) is 11.3 Å². The molecule has 0 aliphatic carbocycles. The fourth-order valence-electron chi connectivity index (χ4n) is 2.67. The van der Waals surface area contributed by atoms with Crippen molar-refractivity contribution in [3.8, 4) is 11.6 Å². The number of para-hydroxylation sites is 1. The highest BCUT2D eigenvalue weighted by Crippen LogP contribution is 2.12. The van der Waals surface area contributed by atoms with Crippen LogP contribution < -0.4 is 15.4 Å². The number of imidazole rings is 1. The molecule has 4 aromatic rings. The monoisotopic (exact) mass is 333 g/mol. The summed E-state index contributed by atoms with van der Waals surface area (Å²) in [5, 5.41) is 0. The number of rotatable bonds is 4. The van der Waals surface area contributed by atoms with E-state index in [1.54, 1.807) is 17.0 Å². The molecular formula is C19H17N4O2+. The number of aromatic nitrogens is 4. The van der Waals surface area contributed by atoms with Crippen LogP contribution in [0.5, 0.6) is 5.75 Å². The van der Waals surface area contributed by atoms with E-state index in [9.17, 15) is 4.79 Å². The predicted molar refractivity (Wildman–Crippen MR) is 92.9 cm³/mol. The molecule has 1 aromatic carbocycles. The van der Waals surface area contributed by atoms with Gasteiger partial charge in [-0.2, -0.15) is 0 Å². The number of H-pyrrole nitrogens is 1. The van der Waals surface area contributed by atoms with Crippen LogP contribution in [0.3, 0.4) is 0 Å². The Hall–Kier alpha value is -3.41. The Labute approximate surface area is 144 Å². The summed E-state index contributed by atoms with van der Waals surface area (Å²) >= 11 is 0. The molecule has 0 amide bonds. The van der Waals surface area contributed by atoms with Crippen LogP contribution in [-0.2, 0) is 6.61 Å². The number of nitrogens with zero attached hydrogens (tertiary/aromatic N) is 3. The van der Waals surface area contributed by atoms with E-state index in [0.717, 1.165) is 11.3 Å². The van der Waals surface area contributed by atoms with Gasteiger partial charge in [0.05, 0.1) is 11.9 Å². The highest BCUT2D eigenvalue weighted by molar-refractivity contribution is 5.39. The Bertz CT molecular complexity index is 1080. The maximum atomic E-state index is 12.8. The summed E-state index contributed by atoms with van der Waals surface area (Å²) in [6, 6.07) is 15.2. The fraction of sp³-hybridized carbons (Fsp3) is 0.105. The number of benzene rings is 1. The first-order valence-electron chi connectivity index (χ1n) is 7.97. The van der Waals surface area contributed by atoms with Crippen LogP contribution >= 0.6 is 0 Å². The van der Waals surface area contributed by atoms with Crippen molar-refractivity contribution in [3.05, 3.63) is 88.9 Å². The van der Waals surface area contributed by atoms with Gasteiger partial charge >= 0.3 is 5.69 Å². The molecule has 0 saturated heterocycles. The minimum Gasteiger partial charge on any atom is -0.487 e. The van der Waals surface area contributed by atoms with Gasteiger partial charge < -0.3 is 4.74 Å². The quantitative estimate of drug-likeness (QED) is 0.575. The van der Waals surface area contributed by atoms with Gasteiger partial charge in [-0.15, -0.1) is 4.57 Å². The molecule has 124 valence electrons. The van der Waals surface area contributed by atoms with E-state index in [4.69, 9.17) is 4.74 Å². The lowest BCUT2D eigenvalue weighted by molar-refractivity contribution is -0.373. The molecule has 0 aliphatic rings. The summed E-state index contributed by atoms with van der Waals surface area (Å²) in [7, 11) is 0. The number of aromatic amines is 1. The lowest BCUT2D eigenvalue weighted by atomic mass is 10.3. The van der Waals surface area contributed by atoms with E-state index in [1.165, 1.54) is 4.40 Å². The van der Waals surface area contributed by atoms with Gasteiger partial charge in [0, 0.05) is 18.3 Å². The Morgan fingerprint density at radius 1 is 1.16 bits per heavy atom. The standard InChI is InChI=1S/C19H16N4O2/c1-14-7-9-20-18(11-14)22-10-8-17-21-15(12-23(17)19(22)24)13-25-16-5-3-2-4-6-16/h2-12H,13H2,1H3/p+1. The van der Waals surface area contributed by atoms with Crippen LogP contribution in [-0.4, -0.2) is 14.0 Å². The van der Waals surface area contributed by atoms with Crippen molar-refractivity contribution in [2.24, 2.45) is 0 Å². The van der Waals surface area contributed by atoms with Gasteiger partial charge in [0.25, 0.3) is 5.82 Å². The van der Waals surface area contributed by atoms with E-state index >= 15 is 0 Å². The first kappa shape index (κ1) is 15.1. The van der Waals surface area contributed by atoms with Crippen molar-refractivity contribution in [2.45, 2.75) is 13.5 Å². The summed E-state index contributed by atoms with van der Waals surface area (Å²) in [6.45, 7) is 2.29. The molecule has 0 fully saturated rings. The SMILES string of the molecule is Cc1cc[nH+]c(-n2ccc3nc(COc4ccccc4)cn3c2=O)c1. The summed E-state index contributed by atoms with van der Waals surface area (Å²) in [5.74, 6) is 1.48. The van der Waals surface area contributed by atoms with Crippen LogP contribution in [0.4, 0.5) is 0 Å². The van der Waals surface area contributed by atoms with Gasteiger partial charge in [-0.25, -0.2) is 19.2 Å². The van der Waals surface area contributed by atoms with Crippen LogP contribution in [0, 0.1) is 6.92 Å². The highest BCUT2D eigenvalue weighted by atomic mass is 16.5. The van der Waals surface area contributed by atoms with Crippen LogP contribution in [0.2, 0.25) is 0 Å². The normalized spacial score (nSPS) is 10.9. The second kappa shape index (κ2) is 6.24. The molecule has 0 radical (unpaired) electrons. The zero-order chi connectivity index (χ0) is 17.2. The third kappa shape index (κ3) is 3.01. The number of ether oxygens (including phenoxy) is 1. The van der Waals surface area contributed by atoms with E-state index in [-0.39, 0.29) is 5.69 Å². The molecule has 6 heteroatoms. The molecule has 6 nitrogen and oxygen atoms in total. The number of hydrogen-bond donors (Lipinski definition) is 0. The molecule has 1 N–H and O–H groups in total. The van der Waals surface area contributed by atoms with Crippen LogP contribution in [0.25, 0.3) is 11.5 Å². The second-order valence-electron chi connectivity index (χ2n) is 5.78. The van der Waals surface area contributed by atoms with E-state index < -0.39 is 0 Å². The van der Waals surface area contributed by atoms with E-state index in [1.807, 2.05) is 61.7 Å². The molecule has 0 unspecified atom stereocenters. The smallest absolute Gasteiger partial charge is 0.426 e. The zero-order valence-corrected chi connectivity index (χ0v) is 13.7. The highest BCUT2D eigenvalue weighted by Gasteiger charge is 2.14. The maximum Gasteiger partial charge on any atom is 0.426 e. The molecule has 0 atom stereocenters. The van der Waals surface area contributed by atoms with Crippen molar-refractivity contribution in [1.29, 1.82) is 0 Å². The largest absolute Gasteiger partial charge is 0.487 e. The molecule has 25 heavy (non-hydrogen) atoms. The predicted octanol–water partition coefficient (Wildman–Crippen LogP) is 2.19. The van der Waals surface area contributed by atoms with Gasteiger partial charge in [-0.05, 0) is 30.7 Å². The molecule has 0 aliphatic heterocycles. The number of nitrogens with one attached hydrogen (secondary N) is 1. The number of hydrogen-bond acceptors (Lipinski definition) is 3. The second-order valence-corrected chi connectivity index (χ2v) is 5.78. The van der Waals surface area contributed by atoms with Gasteiger partial charge in [0.15, 0.2) is 0 Å². The first-order valence-corrected chi connectivity index (χ1v) is 7.97. The Morgan fingerprint density at radius 2 is 2.00 bits per heavy atom. The minimum atomic E-state index is -0.183. The fourth-order valence-corrected chi connectivity index (χ4v) is 2.67. The van der Waals surface area contributed by atoms with Crippen molar-refractivity contribution in [2.75, 3.05) is 0 Å². The summed E-state index contributed by atoms with van der Waals surface area (Å²) in [4.78, 5) is 20.3. The molecule has 3 aromatic heterocycles. The number of pyridine rings is 1. The third-order valence-electron chi connectivity index (χ3n) is 3.90. The summed E-state index contributed by atoms with van der Waals surface area (Å²) in [5.41, 5.74) is 2.19.